The average Bonchev–Trinajstić information content (AvgIpc) is 2.61. The number of carbonyl (C=O) groups is 2. The topological polar surface area (TPSA) is 73.9 Å². The van der Waals surface area contributed by atoms with Gasteiger partial charge in [-0.15, -0.1) is 0 Å². The Morgan fingerprint density at radius 2 is 1.94 bits per heavy atom. The minimum atomic E-state index is -0.565. The number of hydrogen-bond acceptors (Lipinski definition) is 5. The van der Waals surface area contributed by atoms with Gasteiger partial charge in [0.2, 0.25) is 0 Å². The van der Waals surface area contributed by atoms with E-state index in [1.165, 1.54) is 7.11 Å². The highest BCUT2D eigenvalue weighted by Crippen LogP contribution is 2.16. The second-order valence-electron chi connectivity index (χ2n) is 4.92. The van der Waals surface area contributed by atoms with Crippen molar-refractivity contribution in [2.45, 2.75) is 32.4 Å². The molecule has 1 rings (SSSR count). The maximum absolute atomic E-state index is 11.5. The van der Waals surface area contributed by atoms with Crippen LogP contribution in [0.5, 0.6) is 0 Å². The first-order chi connectivity index (χ1) is 7.83. The lowest BCUT2D eigenvalue weighted by atomic mass is 10.0. The Morgan fingerprint density at radius 3 is 2.47 bits per heavy atom. The lowest BCUT2D eigenvalue weighted by Crippen LogP contribution is -2.45. The van der Waals surface area contributed by atoms with Gasteiger partial charge in [0.25, 0.3) is 0 Å². The molecule has 1 fully saturated rings. The van der Waals surface area contributed by atoms with Crippen molar-refractivity contribution in [1.29, 1.82) is 0 Å². The smallest absolute Gasteiger partial charge is 0.407 e. The summed E-state index contributed by atoms with van der Waals surface area (Å²) in [6.45, 7) is 5.87. The molecule has 0 radical (unpaired) electrons. The fourth-order valence-electron chi connectivity index (χ4n) is 1.54. The molecule has 0 aromatic carbocycles. The third-order valence-corrected chi connectivity index (χ3v) is 2.29. The van der Waals surface area contributed by atoms with Crippen molar-refractivity contribution in [3.05, 3.63) is 0 Å². The molecule has 1 heterocycles. The van der Waals surface area contributed by atoms with Crippen LogP contribution in [-0.2, 0) is 19.0 Å². The summed E-state index contributed by atoms with van der Waals surface area (Å²) in [4.78, 5) is 22.9. The number of alkyl carbamates (subject to hydrolysis) is 1. The van der Waals surface area contributed by atoms with Crippen LogP contribution in [0, 0.1) is 5.92 Å². The Morgan fingerprint density at radius 1 is 1.29 bits per heavy atom. The molecule has 1 aliphatic rings. The normalized spacial score (nSPS) is 24.2. The van der Waals surface area contributed by atoms with Gasteiger partial charge < -0.3 is 19.5 Å². The zero-order valence-corrected chi connectivity index (χ0v) is 10.6. The fourth-order valence-corrected chi connectivity index (χ4v) is 1.54. The number of nitrogens with one attached hydrogen (secondary N) is 1. The summed E-state index contributed by atoms with van der Waals surface area (Å²) in [6, 6.07) is -0.391. The number of rotatable bonds is 2. The molecule has 6 heteroatoms. The molecule has 0 aromatic rings. The van der Waals surface area contributed by atoms with Crippen molar-refractivity contribution >= 4 is 12.1 Å². The molecular formula is C11H19NO5. The summed E-state index contributed by atoms with van der Waals surface area (Å²) in [6.07, 6.45) is -0.554. The highest BCUT2D eigenvalue weighted by molar-refractivity contribution is 5.75. The number of carbonyl (C=O) groups excluding carboxylic acids is 2. The van der Waals surface area contributed by atoms with Crippen molar-refractivity contribution in [2.75, 3.05) is 20.3 Å². The summed E-state index contributed by atoms with van der Waals surface area (Å²) in [7, 11) is 1.31. The Labute approximate surface area is 101 Å². The predicted molar refractivity (Wildman–Crippen MR) is 59.5 cm³/mol. The zero-order chi connectivity index (χ0) is 13.1. The van der Waals surface area contributed by atoms with Crippen LogP contribution >= 0.6 is 0 Å². The molecule has 1 aliphatic heterocycles. The molecule has 1 N–H and O–H groups in total. The van der Waals surface area contributed by atoms with Crippen LogP contribution < -0.4 is 5.32 Å². The third-order valence-electron chi connectivity index (χ3n) is 2.29. The molecule has 1 saturated heterocycles. The average molecular weight is 245 g/mol. The molecule has 2 atom stereocenters. The monoisotopic (exact) mass is 245 g/mol. The fraction of sp³-hybridized carbons (Fsp3) is 0.818. The van der Waals surface area contributed by atoms with E-state index in [4.69, 9.17) is 9.47 Å². The number of ether oxygens (including phenoxy) is 3. The molecule has 98 valence electrons. The molecule has 2 unspecified atom stereocenters. The van der Waals surface area contributed by atoms with Crippen LogP contribution in [0.1, 0.15) is 20.8 Å². The van der Waals surface area contributed by atoms with Gasteiger partial charge in [-0.1, -0.05) is 0 Å². The maximum atomic E-state index is 11.5. The highest BCUT2D eigenvalue weighted by atomic mass is 16.6. The van der Waals surface area contributed by atoms with E-state index in [2.05, 4.69) is 10.1 Å². The molecule has 0 bridgehead atoms. The van der Waals surface area contributed by atoms with E-state index in [1.54, 1.807) is 20.8 Å². The molecule has 6 nitrogen and oxygen atoms in total. The van der Waals surface area contributed by atoms with Crippen LogP contribution in [0.2, 0.25) is 0 Å². The quantitative estimate of drug-likeness (QED) is 0.725. The second-order valence-corrected chi connectivity index (χ2v) is 4.92. The minimum Gasteiger partial charge on any atom is -0.469 e. The van der Waals surface area contributed by atoms with Crippen molar-refractivity contribution < 1.29 is 23.8 Å². The van der Waals surface area contributed by atoms with E-state index >= 15 is 0 Å². The van der Waals surface area contributed by atoms with Gasteiger partial charge in [0.05, 0.1) is 26.4 Å². The van der Waals surface area contributed by atoms with Crippen LogP contribution in [0.3, 0.4) is 0 Å². The summed E-state index contributed by atoms with van der Waals surface area (Å²) < 4.78 is 14.9. The van der Waals surface area contributed by atoms with Crippen molar-refractivity contribution in [3.63, 3.8) is 0 Å². The van der Waals surface area contributed by atoms with Gasteiger partial charge in [-0.3, -0.25) is 4.79 Å². The van der Waals surface area contributed by atoms with E-state index in [0.29, 0.717) is 6.61 Å². The molecule has 0 aromatic heterocycles. The Kier molecular flexibility index (Phi) is 4.34. The number of amides is 1. The Balaban J connectivity index is 2.50. The largest absolute Gasteiger partial charge is 0.469 e. The van der Waals surface area contributed by atoms with Crippen molar-refractivity contribution in [1.82, 2.24) is 5.32 Å². The van der Waals surface area contributed by atoms with E-state index in [1.807, 2.05) is 0 Å². The summed E-state index contributed by atoms with van der Waals surface area (Å²) in [5, 5.41) is 2.61. The van der Waals surface area contributed by atoms with Gasteiger partial charge in [0.1, 0.15) is 11.5 Å². The van der Waals surface area contributed by atoms with Crippen LogP contribution in [0.4, 0.5) is 4.79 Å². The number of hydrogen-bond donors (Lipinski definition) is 1. The Hall–Kier alpha value is -1.30. The first kappa shape index (κ1) is 13.8. The number of methoxy groups -OCH3 is 1. The van der Waals surface area contributed by atoms with Crippen molar-refractivity contribution in [2.24, 2.45) is 5.92 Å². The SMILES string of the molecule is COC(=O)C1COCC1NC(=O)OC(C)(C)C. The van der Waals surface area contributed by atoms with E-state index in [0.717, 1.165) is 0 Å². The molecular weight excluding hydrogens is 226 g/mol. The first-order valence-electron chi connectivity index (χ1n) is 5.48. The van der Waals surface area contributed by atoms with Gasteiger partial charge in [-0.05, 0) is 20.8 Å². The molecule has 0 aliphatic carbocycles. The minimum absolute atomic E-state index is 0.257. The van der Waals surface area contributed by atoms with Gasteiger partial charge in [0, 0.05) is 0 Å². The Bertz CT molecular complexity index is 297. The van der Waals surface area contributed by atoms with Crippen molar-refractivity contribution in [3.8, 4) is 0 Å². The van der Waals surface area contributed by atoms with E-state index in [9.17, 15) is 9.59 Å². The lowest BCUT2D eigenvalue weighted by Gasteiger charge is -2.22. The van der Waals surface area contributed by atoms with Crippen LogP contribution in [0.25, 0.3) is 0 Å². The predicted octanol–water partition coefficient (Wildman–Crippen LogP) is 0.699. The van der Waals surface area contributed by atoms with Gasteiger partial charge in [0.15, 0.2) is 0 Å². The molecule has 17 heavy (non-hydrogen) atoms. The third kappa shape index (κ3) is 4.22. The molecule has 0 spiro atoms. The van der Waals surface area contributed by atoms with Crippen LogP contribution in [-0.4, -0.2) is 44.0 Å². The number of esters is 1. The maximum Gasteiger partial charge on any atom is 0.407 e. The standard InChI is InChI=1S/C11H19NO5/c1-11(2,3)17-10(14)12-8-6-16-5-7(8)9(13)15-4/h7-8H,5-6H2,1-4H3,(H,12,14). The molecule has 1 amide bonds. The van der Waals surface area contributed by atoms with Gasteiger partial charge >= 0.3 is 12.1 Å². The van der Waals surface area contributed by atoms with Gasteiger partial charge in [-0.25, -0.2) is 4.79 Å². The second kappa shape index (κ2) is 5.35. The van der Waals surface area contributed by atoms with Gasteiger partial charge in [-0.2, -0.15) is 0 Å². The van der Waals surface area contributed by atoms with E-state index in [-0.39, 0.29) is 12.6 Å². The molecule has 0 saturated carbocycles. The summed E-state index contributed by atoms with van der Waals surface area (Å²) >= 11 is 0. The lowest BCUT2D eigenvalue weighted by molar-refractivity contribution is -0.145. The van der Waals surface area contributed by atoms with Crippen LogP contribution in [0.15, 0.2) is 0 Å². The summed E-state index contributed by atoms with van der Waals surface area (Å²) in [5.74, 6) is -0.851. The zero-order valence-electron chi connectivity index (χ0n) is 10.6. The summed E-state index contributed by atoms with van der Waals surface area (Å²) in [5.41, 5.74) is -0.565. The highest BCUT2D eigenvalue weighted by Gasteiger charge is 2.36. The first-order valence-corrected chi connectivity index (χ1v) is 5.48. The van der Waals surface area contributed by atoms with E-state index < -0.39 is 23.7 Å².